The summed E-state index contributed by atoms with van der Waals surface area (Å²) in [6, 6.07) is -0.464. The van der Waals surface area contributed by atoms with Crippen LogP contribution in [0.5, 0.6) is 0 Å². The number of ether oxygens (including phenoxy) is 1. The first kappa shape index (κ1) is 18.8. The van der Waals surface area contributed by atoms with E-state index in [1.165, 1.54) is 6.92 Å². The summed E-state index contributed by atoms with van der Waals surface area (Å²) >= 11 is 0. The summed E-state index contributed by atoms with van der Waals surface area (Å²) < 4.78 is 5.53. The molecule has 0 aliphatic heterocycles. The molecule has 4 aliphatic carbocycles. The normalized spacial score (nSPS) is 48.6. The second-order valence-electron chi connectivity index (χ2n) is 9.94. The van der Waals surface area contributed by atoms with Crippen molar-refractivity contribution in [2.75, 3.05) is 0 Å². The fraction of sp³-hybridized carbons (Fsp3) is 0.905. The minimum absolute atomic E-state index is 0.0772. The standard InChI is InChI=1S/C21H31N3O3/c1-12(25)27-14-6-8-20(2)13(10-14)4-5-15-16(20)7-9-21(3)17(15)11-18(19(21)26)23-24-22/h13-18H,4-11H2,1-3H3/t13-,14-,15+,16-,17-,18-,20-,21-/m0/s1. The first-order chi connectivity index (χ1) is 12.8. The van der Waals surface area contributed by atoms with Crippen LogP contribution in [0.4, 0.5) is 0 Å². The highest BCUT2D eigenvalue weighted by molar-refractivity contribution is 5.92. The minimum atomic E-state index is -0.464. The molecule has 0 bridgehead atoms. The van der Waals surface area contributed by atoms with E-state index < -0.39 is 6.04 Å². The molecule has 0 aromatic rings. The fourth-order valence-corrected chi connectivity index (χ4v) is 7.51. The van der Waals surface area contributed by atoms with Crippen LogP contribution in [-0.2, 0) is 14.3 Å². The van der Waals surface area contributed by atoms with E-state index in [2.05, 4.69) is 23.9 Å². The Balaban J connectivity index is 1.56. The number of hydrogen-bond acceptors (Lipinski definition) is 4. The van der Waals surface area contributed by atoms with Gasteiger partial charge in [-0.05, 0) is 86.0 Å². The molecule has 4 aliphatic rings. The maximum Gasteiger partial charge on any atom is 0.302 e. The molecule has 6 nitrogen and oxygen atoms in total. The lowest BCUT2D eigenvalue weighted by molar-refractivity contribution is -0.160. The number of rotatable bonds is 2. The van der Waals surface area contributed by atoms with Gasteiger partial charge < -0.3 is 4.74 Å². The molecule has 4 saturated carbocycles. The van der Waals surface area contributed by atoms with Crippen molar-refractivity contribution in [2.24, 2.45) is 39.6 Å². The number of fused-ring (bicyclic) bond motifs is 5. The predicted octanol–water partition coefficient (Wildman–Crippen LogP) is 4.82. The Hall–Kier alpha value is -1.55. The third-order valence-electron chi connectivity index (χ3n) is 8.87. The molecule has 0 saturated heterocycles. The molecule has 4 fully saturated rings. The fourth-order valence-electron chi connectivity index (χ4n) is 7.51. The van der Waals surface area contributed by atoms with E-state index in [4.69, 9.17) is 10.3 Å². The Morgan fingerprint density at radius 2 is 1.93 bits per heavy atom. The third-order valence-corrected chi connectivity index (χ3v) is 8.87. The number of carbonyl (C=O) groups is 2. The molecule has 4 rings (SSSR count). The maximum atomic E-state index is 12.9. The molecule has 27 heavy (non-hydrogen) atoms. The first-order valence-corrected chi connectivity index (χ1v) is 10.6. The highest BCUT2D eigenvalue weighted by Gasteiger charge is 2.62. The van der Waals surface area contributed by atoms with E-state index in [-0.39, 0.29) is 28.7 Å². The first-order valence-electron chi connectivity index (χ1n) is 10.6. The van der Waals surface area contributed by atoms with Crippen LogP contribution in [-0.4, -0.2) is 23.9 Å². The van der Waals surface area contributed by atoms with Gasteiger partial charge >= 0.3 is 5.97 Å². The second-order valence-corrected chi connectivity index (χ2v) is 9.94. The molecule has 0 aromatic heterocycles. The van der Waals surface area contributed by atoms with Crippen LogP contribution in [0.1, 0.15) is 72.1 Å². The topological polar surface area (TPSA) is 92.1 Å². The van der Waals surface area contributed by atoms with Gasteiger partial charge in [0.25, 0.3) is 0 Å². The molecule has 0 N–H and O–H groups in total. The van der Waals surface area contributed by atoms with Crippen molar-refractivity contribution in [2.45, 2.75) is 84.3 Å². The van der Waals surface area contributed by atoms with Gasteiger partial charge in [0.15, 0.2) is 0 Å². The van der Waals surface area contributed by atoms with Crippen LogP contribution >= 0.6 is 0 Å². The van der Waals surface area contributed by atoms with Crippen LogP contribution < -0.4 is 0 Å². The molecular weight excluding hydrogens is 342 g/mol. The molecule has 0 heterocycles. The number of nitrogens with zero attached hydrogens (tertiary/aromatic N) is 3. The van der Waals surface area contributed by atoms with E-state index in [0.29, 0.717) is 23.7 Å². The lowest BCUT2D eigenvalue weighted by Gasteiger charge is -2.60. The molecule has 6 heteroatoms. The molecule has 0 radical (unpaired) electrons. The molecule has 0 spiro atoms. The quantitative estimate of drug-likeness (QED) is 0.301. The Bertz CT molecular complexity index is 703. The number of ketones is 1. The Kier molecular flexibility index (Phi) is 4.53. The number of esters is 1. The molecular formula is C21H31N3O3. The lowest BCUT2D eigenvalue weighted by Crippen LogP contribution is -2.54. The van der Waals surface area contributed by atoms with Crippen molar-refractivity contribution in [1.29, 1.82) is 0 Å². The zero-order valence-electron chi connectivity index (χ0n) is 16.7. The maximum absolute atomic E-state index is 12.9. The Morgan fingerprint density at radius 3 is 2.63 bits per heavy atom. The summed E-state index contributed by atoms with van der Waals surface area (Å²) in [6.45, 7) is 6.07. The summed E-state index contributed by atoms with van der Waals surface area (Å²) in [5.41, 5.74) is 8.82. The Morgan fingerprint density at radius 1 is 1.15 bits per heavy atom. The lowest BCUT2D eigenvalue weighted by atomic mass is 9.45. The van der Waals surface area contributed by atoms with Crippen molar-refractivity contribution in [3.05, 3.63) is 10.4 Å². The van der Waals surface area contributed by atoms with E-state index in [9.17, 15) is 9.59 Å². The SMILES string of the molecule is CC(=O)O[C@H]1CC[C@@]2(C)[C@@H](CC[C@@H]3[C@@H]2CC[C@]2(C)C(=O)[C@@H](N=[N+]=[N-])C[C@@H]32)C1. The van der Waals surface area contributed by atoms with E-state index in [1.54, 1.807) is 0 Å². The molecule has 0 amide bonds. The average molecular weight is 373 g/mol. The highest BCUT2D eigenvalue weighted by Crippen LogP contribution is 2.65. The van der Waals surface area contributed by atoms with Crippen LogP contribution in [0.25, 0.3) is 10.4 Å². The van der Waals surface area contributed by atoms with E-state index in [1.807, 2.05) is 0 Å². The number of hydrogen-bond donors (Lipinski definition) is 0. The van der Waals surface area contributed by atoms with Crippen molar-refractivity contribution >= 4 is 11.8 Å². The smallest absolute Gasteiger partial charge is 0.302 e. The van der Waals surface area contributed by atoms with Gasteiger partial charge in [-0.2, -0.15) is 0 Å². The van der Waals surface area contributed by atoms with Crippen LogP contribution in [0.3, 0.4) is 0 Å². The van der Waals surface area contributed by atoms with Crippen molar-refractivity contribution < 1.29 is 14.3 Å². The number of carbonyl (C=O) groups excluding carboxylic acids is 2. The molecule has 0 unspecified atom stereocenters. The van der Waals surface area contributed by atoms with Gasteiger partial charge in [0.05, 0.1) is 6.04 Å². The number of Topliss-reactive ketones (excluding diaryl/α,β-unsaturated/α-hetero) is 1. The van der Waals surface area contributed by atoms with Crippen LogP contribution in [0.2, 0.25) is 0 Å². The zero-order chi connectivity index (χ0) is 19.4. The summed E-state index contributed by atoms with van der Waals surface area (Å²) in [5.74, 6) is 2.15. The van der Waals surface area contributed by atoms with Gasteiger partial charge in [0.1, 0.15) is 11.9 Å². The summed E-state index contributed by atoms with van der Waals surface area (Å²) in [7, 11) is 0. The predicted molar refractivity (Wildman–Crippen MR) is 101 cm³/mol. The van der Waals surface area contributed by atoms with E-state index >= 15 is 0 Å². The van der Waals surface area contributed by atoms with Crippen molar-refractivity contribution in [3.8, 4) is 0 Å². The average Bonchev–Trinajstić information content (AvgIpc) is 2.87. The molecule has 8 atom stereocenters. The molecule has 0 aromatic carbocycles. The van der Waals surface area contributed by atoms with Crippen LogP contribution in [0.15, 0.2) is 5.11 Å². The Labute approximate surface area is 161 Å². The largest absolute Gasteiger partial charge is 0.463 e. The highest BCUT2D eigenvalue weighted by atomic mass is 16.5. The van der Waals surface area contributed by atoms with Gasteiger partial charge in [0.2, 0.25) is 0 Å². The minimum Gasteiger partial charge on any atom is -0.463 e. The molecule has 148 valence electrons. The second kappa shape index (κ2) is 6.51. The van der Waals surface area contributed by atoms with Crippen LogP contribution in [0, 0.1) is 34.5 Å². The summed E-state index contributed by atoms with van der Waals surface area (Å²) in [6.07, 6.45) is 8.18. The third kappa shape index (κ3) is 2.79. The van der Waals surface area contributed by atoms with E-state index in [0.717, 1.165) is 51.4 Å². The zero-order valence-corrected chi connectivity index (χ0v) is 16.7. The van der Waals surface area contributed by atoms with Crippen molar-refractivity contribution in [1.82, 2.24) is 0 Å². The summed E-state index contributed by atoms with van der Waals surface area (Å²) in [4.78, 5) is 27.2. The van der Waals surface area contributed by atoms with Gasteiger partial charge in [-0.15, -0.1) is 0 Å². The van der Waals surface area contributed by atoms with Crippen molar-refractivity contribution in [3.63, 3.8) is 0 Å². The van der Waals surface area contributed by atoms with Gasteiger partial charge in [0, 0.05) is 17.3 Å². The summed E-state index contributed by atoms with van der Waals surface area (Å²) in [5, 5.41) is 3.83. The number of azide groups is 1. The van der Waals surface area contributed by atoms with Gasteiger partial charge in [-0.25, -0.2) is 0 Å². The monoisotopic (exact) mass is 373 g/mol. The van der Waals surface area contributed by atoms with Gasteiger partial charge in [-0.1, -0.05) is 19.0 Å². The van der Waals surface area contributed by atoms with Gasteiger partial charge in [-0.3, -0.25) is 9.59 Å².